The van der Waals surface area contributed by atoms with Gasteiger partial charge in [-0.1, -0.05) is 6.07 Å². The molecule has 0 bridgehead atoms. The molecule has 2 rings (SSSR count). The summed E-state index contributed by atoms with van der Waals surface area (Å²) in [6.07, 6.45) is 3.43. The molecule has 0 aromatic carbocycles. The summed E-state index contributed by atoms with van der Waals surface area (Å²) in [4.78, 5) is 8.03. The standard InChI is InChI=1S/C10H10N4/c11-9-2-1-3-10(14-9)13-8-4-6-12-7-5-8/h1-7H,(H3,11,12,13,14). The number of nitrogen functional groups attached to an aromatic ring is 1. The normalized spacial score (nSPS) is 9.71. The maximum Gasteiger partial charge on any atom is 0.132 e. The molecular formula is C10H10N4. The third-order valence-electron chi connectivity index (χ3n) is 1.72. The van der Waals surface area contributed by atoms with Crippen LogP contribution in [-0.4, -0.2) is 9.97 Å². The Bertz CT molecular complexity index is 413. The summed E-state index contributed by atoms with van der Waals surface area (Å²) >= 11 is 0. The van der Waals surface area contributed by atoms with Gasteiger partial charge >= 0.3 is 0 Å². The van der Waals surface area contributed by atoms with Crippen LogP contribution in [0.1, 0.15) is 0 Å². The second-order valence-electron chi connectivity index (χ2n) is 2.81. The Labute approximate surface area is 81.8 Å². The Morgan fingerprint density at radius 3 is 2.57 bits per heavy atom. The van der Waals surface area contributed by atoms with Gasteiger partial charge < -0.3 is 11.1 Å². The summed E-state index contributed by atoms with van der Waals surface area (Å²) in [5.41, 5.74) is 6.49. The van der Waals surface area contributed by atoms with Crippen molar-refractivity contribution < 1.29 is 0 Å². The van der Waals surface area contributed by atoms with Crippen LogP contribution in [-0.2, 0) is 0 Å². The van der Waals surface area contributed by atoms with Gasteiger partial charge in [-0.15, -0.1) is 0 Å². The predicted molar refractivity (Wildman–Crippen MR) is 56.2 cm³/mol. The highest BCUT2D eigenvalue weighted by Crippen LogP contribution is 2.13. The first-order valence-corrected chi connectivity index (χ1v) is 4.24. The Hall–Kier alpha value is -2.10. The lowest BCUT2D eigenvalue weighted by Crippen LogP contribution is -1.96. The highest BCUT2D eigenvalue weighted by Gasteiger charge is 1.94. The molecule has 0 aliphatic heterocycles. The van der Waals surface area contributed by atoms with E-state index in [4.69, 9.17) is 5.73 Å². The quantitative estimate of drug-likeness (QED) is 0.750. The first-order chi connectivity index (χ1) is 6.84. The van der Waals surface area contributed by atoms with E-state index in [1.807, 2.05) is 24.3 Å². The minimum atomic E-state index is 0.504. The fraction of sp³-hybridized carbons (Fsp3) is 0. The van der Waals surface area contributed by atoms with E-state index < -0.39 is 0 Å². The molecule has 0 saturated heterocycles. The smallest absolute Gasteiger partial charge is 0.132 e. The average Bonchev–Trinajstić information content (AvgIpc) is 2.19. The van der Waals surface area contributed by atoms with E-state index in [2.05, 4.69) is 15.3 Å². The van der Waals surface area contributed by atoms with Crippen LogP contribution >= 0.6 is 0 Å². The Balaban J connectivity index is 2.19. The zero-order valence-corrected chi connectivity index (χ0v) is 7.51. The van der Waals surface area contributed by atoms with Crippen LogP contribution in [0, 0.1) is 0 Å². The Morgan fingerprint density at radius 2 is 1.86 bits per heavy atom. The molecule has 70 valence electrons. The molecule has 0 amide bonds. The summed E-state index contributed by atoms with van der Waals surface area (Å²) in [6.45, 7) is 0. The first-order valence-electron chi connectivity index (χ1n) is 4.24. The van der Waals surface area contributed by atoms with Crippen LogP contribution < -0.4 is 11.1 Å². The van der Waals surface area contributed by atoms with Crippen molar-refractivity contribution in [1.82, 2.24) is 9.97 Å². The first kappa shape index (κ1) is 8.50. The maximum absolute atomic E-state index is 5.55. The fourth-order valence-corrected chi connectivity index (χ4v) is 1.10. The lowest BCUT2D eigenvalue weighted by molar-refractivity contribution is 1.29. The molecule has 0 radical (unpaired) electrons. The second-order valence-corrected chi connectivity index (χ2v) is 2.81. The summed E-state index contributed by atoms with van der Waals surface area (Å²) in [6, 6.07) is 9.19. The van der Waals surface area contributed by atoms with Gasteiger partial charge in [-0.05, 0) is 24.3 Å². The van der Waals surface area contributed by atoms with E-state index in [1.54, 1.807) is 18.5 Å². The van der Waals surface area contributed by atoms with Crippen LogP contribution in [0.4, 0.5) is 17.3 Å². The Kier molecular flexibility index (Phi) is 2.27. The van der Waals surface area contributed by atoms with E-state index in [0.29, 0.717) is 5.82 Å². The molecule has 0 aliphatic carbocycles. The van der Waals surface area contributed by atoms with E-state index in [1.165, 1.54) is 0 Å². The van der Waals surface area contributed by atoms with E-state index in [-0.39, 0.29) is 0 Å². The van der Waals surface area contributed by atoms with E-state index in [9.17, 15) is 0 Å². The van der Waals surface area contributed by atoms with Gasteiger partial charge in [0.25, 0.3) is 0 Å². The zero-order valence-electron chi connectivity index (χ0n) is 7.51. The summed E-state index contributed by atoms with van der Waals surface area (Å²) in [5, 5.41) is 3.11. The molecule has 2 aromatic rings. The van der Waals surface area contributed by atoms with Gasteiger partial charge in [0.2, 0.25) is 0 Å². The van der Waals surface area contributed by atoms with Crippen molar-refractivity contribution in [3.8, 4) is 0 Å². The van der Waals surface area contributed by atoms with Gasteiger partial charge in [-0.25, -0.2) is 4.98 Å². The molecule has 4 nitrogen and oxygen atoms in total. The van der Waals surface area contributed by atoms with Crippen molar-refractivity contribution in [2.45, 2.75) is 0 Å². The van der Waals surface area contributed by atoms with Crippen molar-refractivity contribution in [3.63, 3.8) is 0 Å². The maximum atomic E-state index is 5.55. The number of aromatic nitrogens is 2. The molecule has 14 heavy (non-hydrogen) atoms. The summed E-state index contributed by atoms with van der Waals surface area (Å²) < 4.78 is 0. The number of nitrogens with zero attached hydrogens (tertiary/aromatic N) is 2. The third-order valence-corrected chi connectivity index (χ3v) is 1.72. The number of hydrogen-bond acceptors (Lipinski definition) is 4. The number of anilines is 3. The zero-order chi connectivity index (χ0) is 9.80. The van der Waals surface area contributed by atoms with Crippen LogP contribution in [0.25, 0.3) is 0 Å². The lowest BCUT2D eigenvalue weighted by Gasteiger charge is -2.04. The fourth-order valence-electron chi connectivity index (χ4n) is 1.10. The minimum absolute atomic E-state index is 0.504. The molecular weight excluding hydrogens is 176 g/mol. The molecule has 4 heteroatoms. The predicted octanol–water partition coefficient (Wildman–Crippen LogP) is 1.80. The number of nitrogens with one attached hydrogen (secondary N) is 1. The molecule has 0 fully saturated rings. The molecule has 0 spiro atoms. The SMILES string of the molecule is Nc1cccc(Nc2ccncc2)n1. The molecule has 0 saturated carbocycles. The van der Waals surface area contributed by atoms with Gasteiger partial charge in [0.05, 0.1) is 0 Å². The third kappa shape index (κ3) is 1.98. The number of pyridine rings is 2. The number of rotatable bonds is 2. The molecule has 0 unspecified atom stereocenters. The molecule has 0 aliphatic rings. The highest BCUT2D eigenvalue weighted by atomic mass is 15.0. The topological polar surface area (TPSA) is 63.8 Å². The number of hydrogen-bond donors (Lipinski definition) is 2. The average molecular weight is 186 g/mol. The van der Waals surface area contributed by atoms with Crippen LogP contribution in [0.5, 0.6) is 0 Å². The van der Waals surface area contributed by atoms with Crippen molar-refractivity contribution in [1.29, 1.82) is 0 Å². The van der Waals surface area contributed by atoms with Gasteiger partial charge in [0.15, 0.2) is 0 Å². The van der Waals surface area contributed by atoms with Crippen LogP contribution in [0.2, 0.25) is 0 Å². The monoisotopic (exact) mass is 186 g/mol. The van der Waals surface area contributed by atoms with Gasteiger partial charge in [0, 0.05) is 18.1 Å². The molecule has 3 N–H and O–H groups in total. The lowest BCUT2D eigenvalue weighted by atomic mass is 10.4. The van der Waals surface area contributed by atoms with E-state index in [0.717, 1.165) is 11.5 Å². The second kappa shape index (κ2) is 3.74. The van der Waals surface area contributed by atoms with Gasteiger partial charge in [-0.2, -0.15) is 0 Å². The summed E-state index contributed by atoms with van der Waals surface area (Å²) in [7, 11) is 0. The van der Waals surface area contributed by atoms with Crippen LogP contribution in [0.3, 0.4) is 0 Å². The largest absolute Gasteiger partial charge is 0.384 e. The minimum Gasteiger partial charge on any atom is -0.384 e. The van der Waals surface area contributed by atoms with Crippen molar-refractivity contribution in [2.75, 3.05) is 11.1 Å². The highest BCUT2D eigenvalue weighted by molar-refractivity contribution is 5.56. The van der Waals surface area contributed by atoms with Crippen molar-refractivity contribution in [2.24, 2.45) is 0 Å². The van der Waals surface area contributed by atoms with Crippen LogP contribution in [0.15, 0.2) is 42.7 Å². The van der Waals surface area contributed by atoms with Crippen molar-refractivity contribution in [3.05, 3.63) is 42.7 Å². The van der Waals surface area contributed by atoms with Gasteiger partial charge in [-0.3, -0.25) is 4.98 Å². The molecule has 0 atom stereocenters. The van der Waals surface area contributed by atoms with Crippen molar-refractivity contribution >= 4 is 17.3 Å². The molecule has 2 aromatic heterocycles. The van der Waals surface area contributed by atoms with Gasteiger partial charge in [0.1, 0.15) is 11.6 Å². The Morgan fingerprint density at radius 1 is 1.07 bits per heavy atom. The van der Waals surface area contributed by atoms with E-state index >= 15 is 0 Å². The molecule has 2 heterocycles. The summed E-state index contributed by atoms with van der Waals surface area (Å²) in [5.74, 6) is 1.24. The number of nitrogens with two attached hydrogens (primary N) is 1.